The van der Waals surface area contributed by atoms with E-state index in [2.05, 4.69) is 5.32 Å². The van der Waals surface area contributed by atoms with Gasteiger partial charge in [0.2, 0.25) is 0 Å². The third-order valence-corrected chi connectivity index (χ3v) is 4.97. The number of hydrogen-bond donors (Lipinski definition) is 1. The lowest BCUT2D eigenvalue weighted by Crippen LogP contribution is -2.28. The van der Waals surface area contributed by atoms with Crippen LogP contribution >= 0.6 is 0 Å². The zero-order valence-corrected chi connectivity index (χ0v) is 10.3. The maximum Gasteiger partial charge on any atom is 0.0700 e. The van der Waals surface area contributed by atoms with Gasteiger partial charge in [-0.3, -0.25) is 0 Å². The van der Waals surface area contributed by atoms with Gasteiger partial charge in [-0.25, -0.2) is 0 Å². The molecule has 0 aromatic heterocycles. The number of rotatable bonds is 5. The molecule has 3 aliphatic rings. The first-order valence-corrected chi connectivity index (χ1v) is 7.24. The van der Waals surface area contributed by atoms with Crippen molar-refractivity contribution < 1.29 is 4.74 Å². The largest absolute Gasteiger partial charge is 0.377 e. The molecule has 0 aromatic carbocycles. The van der Waals surface area contributed by atoms with Gasteiger partial charge in [0.15, 0.2) is 0 Å². The zero-order chi connectivity index (χ0) is 10.8. The van der Waals surface area contributed by atoms with Crippen molar-refractivity contribution in [1.82, 2.24) is 5.32 Å². The summed E-state index contributed by atoms with van der Waals surface area (Å²) in [5, 5.41) is 3.59. The van der Waals surface area contributed by atoms with Crippen LogP contribution < -0.4 is 5.32 Å². The van der Waals surface area contributed by atoms with Crippen molar-refractivity contribution >= 4 is 0 Å². The summed E-state index contributed by atoms with van der Waals surface area (Å²) >= 11 is 0. The standard InChI is InChI=1S/C14H25NO/c1-2-14(16-7-1)10-15-6-5-13-9-11-3-4-12(13)8-11/h11-15H,1-10H2. The van der Waals surface area contributed by atoms with Crippen molar-refractivity contribution in [2.24, 2.45) is 17.8 Å². The lowest BCUT2D eigenvalue weighted by atomic mass is 9.86. The second kappa shape index (κ2) is 5.05. The first-order valence-electron chi connectivity index (χ1n) is 7.24. The summed E-state index contributed by atoms with van der Waals surface area (Å²) in [4.78, 5) is 0. The fourth-order valence-corrected chi connectivity index (χ4v) is 4.09. The predicted molar refractivity (Wildman–Crippen MR) is 65.4 cm³/mol. The Bertz CT molecular complexity index is 225. The van der Waals surface area contributed by atoms with E-state index in [0.717, 1.165) is 30.9 Å². The van der Waals surface area contributed by atoms with Crippen LogP contribution in [-0.2, 0) is 4.74 Å². The second-order valence-corrected chi connectivity index (χ2v) is 6.06. The third-order valence-electron chi connectivity index (χ3n) is 4.97. The minimum absolute atomic E-state index is 0.514. The fourth-order valence-electron chi connectivity index (χ4n) is 4.09. The van der Waals surface area contributed by atoms with E-state index in [0.29, 0.717) is 6.10 Å². The van der Waals surface area contributed by atoms with E-state index < -0.39 is 0 Å². The van der Waals surface area contributed by atoms with Crippen LogP contribution in [-0.4, -0.2) is 25.8 Å². The van der Waals surface area contributed by atoms with Crippen molar-refractivity contribution in [1.29, 1.82) is 0 Å². The summed E-state index contributed by atoms with van der Waals surface area (Å²) in [5.74, 6) is 3.25. The topological polar surface area (TPSA) is 21.3 Å². The molecule has 0 radical (unpaired) electrons. The highest BCUT2D eigenvalue weighted by atomic mass is 16.5. The Morgan fingerprint density at radius 2 is 2.12 bits per heavy atom. The third kappa shape index (κ3) is 2.43. The van der Waals surface area contributed by atoms with E-state index >= 15 is 0 Å². The molecule has 2 bridgehead atoms. The number of hydrogen-bond acceptors (Lipinski definition) is 2. The molecule has 2 nitrogen and oxygen atoms in total. The van der Waals surface area contributed by atoms with Crippen LogP contribution in [0.1, 0.15) is 44.9 Å². The lowest BCUT2D eigenvalue weighted by molar-refractivity contribution is 0.109. The van der Waals surface area contributed by atoms with Crippen LogP contribution in [0.5, 0.6) is 0 Å². The van der Waals surface area contributed by atoms with E-state index in [1.807, 2.05) is 0 Å². The second-order valence-electron chi connectivity index (χ2n) is 6.06. The van der Waals surface area contributed by atoms with Crippen LogP contribution in [0.25, 0.3) is 0 Å². The molecule has 4 atom stereocenters. The molecule has 16 heavy (non-hydrogen) atoms. The van der Waals surface area contributed by atoms with Gasteiger partial charge in [-0.1, -0.05) is 6.42 Å². The molecule has 0 aromatic rings. The molecule has 1 N–H and O–H groups in total. The molecule has 3 rings (SSSR count). The van der Waals surface area contributed by atoms with Gasteiger partial charge in [-0.15, -0.1) is 0 Å². The molecule has 92 valence electrons. The highest BCUT2D eigenvalue weighted by molar-refractivity contribution is 4.90. The highest BCUT2D eigenvalue weighted by Crippen LogP contribution is 2.49. The Kier molecular flexibility index (Phi) is 3.49. The lowest BCUT2D eigenvalue weighted by Gasteiger charge is -2.21. The van der Waals surface area contributed by atoms with Crippen molar-refractivity contribution in [2.45, 2.75) is 51.0 Å². The van der Waals surface area contributed by atoms with E-state index in [9.17, 15) is 0 Å². The smallest absolute Gasteiger partial charge is 0.0700 e. The Morgan fingerprint density at radius 1 is 1.12 bits per heavy atom. The van der Waals surface area contributed by atoms with Crippen LogP contribution in [0.15, 0.2) is 0 Å². The minimum Gasteiger partial charge on any atom is -0.377 e. The molecule has 1 saturated heterocycles. The van der Waals surface area contributed by atoms with Gasteiger partial charge in [0, 0.05) is 13.2 Å². The Morgan fingerprint density at radius 3 is 2.81 bits per heavy atom. The van der Waals surface area contributed by atoms with Gasteiger partial charge in [-0.2, -0.15) is 0 Å². The highest BCUT2D eigenvalue weighted by Gasteiger charge is 2.38. The van der Waals surface area contributed by atoms with Crippen molar-refractivity contribution in [3.05, 3.63) is 0 Å². The minimum atomic E-state index is 0.514. The van der Waals surface area contributed by atoms with Gasteiger partial charge in [0.1, 0.15) is 0 Å². The number of fused-ring (bicyclic) bond motifs is 2. The molecule has 1 aliphatic heterocycles. The molecule has 0 amide bonds. The average Bonchev–Trinajstić information content (AvgIpc) is 3.01. The van der Waals surface area contributed by atoms with Gasteiger partial charge < -0.3 is 10.1 Å². The van der Waals surface area contributed by atoms with E-state index in [1.165, 1.54) is 45.1 Å². The van der Waals surface area contributed by atoms with Crippen LogP contribution in [0, 0.1) is 17.8 Å². The SMILES string of the molecule is C1COC(CNCCC2CC3CCC2C3)C1. The van der Waals surface area contributed by atoms with Crippen molar-refractivity contribution in [2.75, 3.05) is 19.7 Å². The summed E-state index contributed by atoms with van der Waals surface area (Å²) < 4.78 is 5.61. The maximum absolute atomic E-state index is 5.61. The van der Waals surface area contributed by atoms with Gasteiger partial charge in [-0.05, 0) is 62.8 Å². The summed E-state index contributed by atoms with van der Waals surface area (Å²) in [5.41, 5.74) is 0. The summed E-state index contributed by atoms with van der Waals surface area (Å²) in [6.07, 6.45) is 10.6. The van der Waals surface area contributed by atoms with Gasteiger partial charge in [0.25, 0.3) is 0 Å². The quantitative estimate of drug-likeness (QED) is 0.723. The average molecular weight is 223 g/mol. The van der Waals surface area contributed by atoms with Crippen LogP contribution in [0.3, 0.4) is 0 Å². The molecule has 4 unspecified atom stereocenters. The van der Waals surface area contributed by atoms with E-state index in [-0.39, 0.29) is 0 Å². The Labute approximate surface area is 99.1 Å². The molecular weight excluding hydrogens is 198 g/mol. The molecular formula is C14H25NO. The Balaban J connectivity index is 1.29. The molecule has 2 heteroatoms. The predicted octanol–water partition coefficient (Wildman–Crippen LogP) is 2.58. The summed E-state index contributed by atoms with van der Waals surface area (Å²) in [6, 6.07) is 0. The van der Waals surface area contributed by atoms with Crippen molar-refractivity contribution in [3.63, 3.8) is 0 Å². The zero-order valence-electron chi connectivity index (χ0n) is 10.3. The van der Waals surface area contributed by atoms with E-state index in [4.69, 9.17) is 4.74 Å². The van der Waals surface area contributed by atoms with Crippen molar-refractivity contribution in [3.8, 4) is 0 Å². The van der Waals surface area contributed by atoms with Crippen LogP contribution in [0.4, 0.5) is 0 Å². The van der Waals surface area contributed by atoms with E-state index in [1.54, 1.807) is 6.42 Å². The summed E-state index contributed by atoms with van der Waals surface area (Å²) in [7, 11) is 0. The molecule has 1 heterocycles. The molecule has 2 saturated carbocycles. The molecule has 3 fully saturated rings. The normalized spacial score (nSPS) is 42.0. The van der Waals surface area contributed by atoms with Gasteiger partial charge >= 0.3 is 0 Å². The first kappa shape index (κ1) is 11.0. The number of ether oxygens (including phenoxy) is 1. The maximum atomic E-state index is 5.61. The monoisotopic (exact) mass is 223 g/mol. The van der Waals surface area contributed by atoms with Gasteiger partial charge in [0.05, 0.1) is 6.10 Å². The first-order chi connectivity index (χ1) is 7.92. The Hall–Kier alpha value is -0.0800. The molecule has 2 aliphatic carbocycles. The van der Waals surface area contributed by atoms with Crippen LogP contribution in [0.2, 0.25) is 0 Å². The summed E-state index contributed by atoms with van der Waals surface area (Å²) in [6.45, 7) is 3.29. The fraction of sp³-hybridized carbons (Fsp3) is 1.00. The molecule has 0 spiro atoms. The number of nitrogens with one attached hydrogen (secondary N) is 1.